The van der Waals surface area contributed by atoms with Crippen LogP contribution in [0.2, 0.25) is 0 Å². The zero-order valence-electron chi connectivity index (χ0n) is 28.3. The largest absolute Gasteiger partial charge is 0.491 e. The van der Waals surface area contributed by atoms with Gasteiger partial charge in [0.15, 0.2) is 17.4 Å². The zero-order valence-corrected chi connectivity index (χ0v) is 28.3. The molecule has 0 radical (unpaired) electrons. The van der Waals surface area contributed by atoms with Gasteiger partial charge >= 0.3 is 6.09 Å². The molecule has 8 nitrogen and oxygen atoms in total. The highest BCUT2D eigenvalue weighted by Gasteiger charge is 2.55. The van der Waals surface area contributed by atoms with Crippen LogP contribution in [0.25, 0.3) is 0 Å². The number of amides is 3. The van der Waals surface area contributed by atoms with E-state index in [0.717, 1.165) is 12.8 Å². The summed E-state index contributed by atoms with van der Waals surface area (Å²) in [6, 6.07) is 5.32. The molecule has 1 fully saturated rings. The number of anilines is 1. The molecule has 44 heavy (non-hydrogen) atoms. The number of ether oxygens (including phenoxy) is 2. The van der Waals surface area contributed by atoms with E-state index in [0.29, 0.717) is 22.9 Å². The molecule has 2 rings (SSSR count). The Balaban J connectivity index is 1.74. The van der Waals surface area contributed by atoms with Crippen molar-refractivity contribution in [1.29, 1.82) is 0 Å². The number of cyclic esters (lactones) is 1. The lowest BCUT2D eigenvalue weighted by Gasteiger charge is -2.28. The van der Waals surface area contributed by atoms with Gasteiger partial charge in [-0.05, 0) is 32.4 Å². The minimum atomic E-state index is -1.66. The molecule has 0 saturated carbocycles. The van der Waals surface area contributed by atoms with Crippen LogP contribution in [0.1, 0.15) is 144 Å². The summed E-state index contributed by atoms with van der Waals surface area (Å²) in [5.41, 5.74) is -2.07. The third-order valence-electron chi connectivity index (χ3n) is 8.17. The molecule has 1 aromatic rings. The molecular formula is C36H58N2O6. The number of imide groups is 1. The summed E-state index contributed by atoms with van der Waals surface area (Å²) in [7, 11) is 0. The molecule has 1 aliphatic rings. The number of unbranched alkanes of at least 4 members (excludes halogenated alkanes) is 15. The van der Waals surface area contributed by atoms with E-state index >= 15 is 0 Å². The second kappa shape index (κ2) is 18.8. The van der Waals surface area contributed by atoms with Crippen molar-refractivity contribution in [2.45, 2.75) is 156 Å². The van der Waals surface area contributed by atoms with Gasteiger partial charge in [-0.15, -0.1) is 0 Å². The van der Waals surface area contributed by atoms with Gasteiger partial charge in [-0.1, -0.05) is 136 Å². The van der Waals surface area contributed by atoms with Gasteiger partial charge in [-0.25, -0.2) is 9.69 Å². The number of nitrogens with one attached hydrogen (secondary N) is 1. The van der Waals surface area contributed by atoms with E-state index in [1.165, 1.54) is 104 Å². The highest BCUT2D eigenvalue weighted by atomic mass is 16.6. The summed E-state index contributed by atoms with van der Waals surface area (Å²) in [5, 5.41) is 2.73. The maximum absolute atomic E-state index is 13.5. The number of nitrogens with zero attached hydrogens (tertiary/aromatic N) is 1. The van der Waals surface area contributed by atoms with Gasteiger partial charge in [0.05, 0.1) is 12.3 Å². The number of ketones is 1. The van der Waals surface area contributed by atoms with Crippen LogP contribution in [-0.2, 0) is 19.1 Å². The van der Waals surface area contributed by atoms with Gasteiger partial charge < -0.3 is 14.8 Å². The van der Waals surface area contributed by atoms with Crippen LogP contribution in [0.4, 0.5) is 10.5 Å². The fourth-order valence-corrected chi connectivity index (χ4v) is 5.40. The van der Waals surface area contributed by atoms with E-state index in [4.69, 9.17) is 9.47 Å². The smallest absolute Gasteiger partial charge is 0.418 e. The van der Waals surface area contributed by atoms with Crippen LogP contribution in [0.3, 0.4) is 0 Å². The Hall–Kier alpha value is -2.90. The second-order valence-corrected chi connectivity index (χ2v) is 13.7. The molecule has 1 N–H and O–H groups in total. The Morgan fingerprint density at radius 3 is 1.75 bits per heavy atom. The van der Waals surface area contributed by atoms with Crippen molar-refractivity contribution in [3.05, 3.63) is 24.3 Å². The number of carbonyl (C=O) groups is 4. The highest BCUT2D eigenvalue weighted by molar-refractivity contribution is 6.19. The van der Waals surface area contributed by atoms with Crippen LogP contribution < -0.4 is 10.1 Å². The van der Waals surface area contributed by atoms with Crippen molar-refractivity contribution >= 4 is 29.4 Å². The Bertz CT molecular complexity index is 1060. The lowest BCUT2D eigenvalue weighted by molar-refractivity contribution is -0.145. The fourth-order valence-electron chi connectivity index (χ4n) is 5.40. The quantitative estimate of drug-likeness (QED) is 0.103. The third kappa shape index (κ3) is 12.2. The molecule has 8 heteroatoms. The molecule has 0 aliphatic carbocycles. The van der Waals surface area contributed by atoms with E-state index in [2.05, 4.69) is 12.2 Å². The molecule has 0 bridgehead atoms. The average molecular weight is 615 g/mol. The summed E-state index contributed by atoms with van der Waals surface area (Å²) in [6.45, 7) is 10.6. The first-order chi connectivity index (χ1) is 20.9. The van der Waals surface area contributed by atoms with Gasteiger partial charge in [0.25, 0.3) is 11.8 Å². The number of rotatable bonds is 22. The summed E-state index contributed by atoms with van der Waals surface area (Å²) in [6.07, 6.45) is 19.7. The third-order valence-corrected chi connectivity index (χ3v) is 8.17. The predicted octanol–water partition coefficient (Wildman–Crippen LogP) is 9.01. The Kier molecular flexibility index (Phi) is 15.9. The van der Waals surface area contributed by atoms with Crippen molar-refractivity contribution < 1.29 is 28.7 Å². The van der Waals surface area contributed by atoms with Gasteiger partial charge in [0.2, 0.25) is 0 Å². The standard InChI is InChI=1S/C36H58N2O6/c1-7-8-9-10-11-12-13-14-15-16-17-18-19-20-21-24-27-43-29-26-23-22-25-28(29)37-32(40)30(31(39)35(2,3)4)38-33(41)36(5,6)44-34(38)42/h22-23,25-26,30H,7-21,24,27H2,1-6H3,(H,37,40). The van der Waals surface area contributed by atoms with Crippen LogP contribution >= 0.6 is 0 Å². The maximum Gasteiger partial charge on any atom is 0.418 e. The van der Waals surface area contributed by atoms with E-state index in [1.54, 1.807) is 45.0 Å². The van der Waals surface area contributed by atoms with Gasteiger partial charge in [-0.2, -0.15) is 0 Å². The number of carbonyl (C=O) groups excluding carboxylic acids is 4. The average Bonchev–Trinajstić information content (AvgIpc) is 3.16. The Morgan fingerprint density at radius 2 is 1.30 bits per heavy atom. The lowest BCUT2D eigenvalue weighted by Crippen LogP contribution is -2.55. The molecule has 3 amide bonds. The lowest BCUT2D eigenvalue weighted by atomic mass is 9.85. The van der Waals surface area contributed by atoms with Gasteiger partial charge in [0.1, 0.15) is 5.75 Å². The Labute approximate surface area is 266 Å². The Morgan fingerprint density at radius 1 is 0.818 bits per heavy atom. The monoisotopic (exact) mass is 614 g/mol. The van der Waals surface area contributed by atoms with Crippen LogP contribution in [0.15, 0.2) is 24.3 Å². The highest BCUT2D eigenvalue weighted by Crippen LogP contribution is 2.31. The molecule has 0 aromatic heterocycles. The SMILES string of the molecule is CCCCCCCCCCCCCCCCCCOc1ccccc1NC(=O)C(C(=O)C(C)(C)C)N1C(=O)OC(C)(C)C1=O. The molecule has 0 spiro atoms. The first kappa shape index (κ1) is 37.3. The van der Waals surface area contributed by atoms with Crippen molar-refractivity contribution in [3.8, 4) is 5.75 Å². The molecule has 1 aromatic carbocycles. The number of Topliss-reactive ketones (excluding diaryl/α,β-unsaturated/α-hetero) is 1. The first-order valence-electron chi connectivity index (χ1n) is 17.0. The normalized spacial score (nSPS) is 15.3. The number of hydrogen-bond acceptors (Lipinski definition) is 6. The predicted molar refractivity (Wildman–Crippen MR) is 176 cm³/mol. The number of para-hydroxylation sites is 2. The van der Waals surface area contributed by atoms with Gasteiger partial charge in [0, 0.05) is 5.41 Å². The van der Waals surface area contributed by atoms with Crippen molar-refractivity contribution in [1.82, 2.24) is 4.90 Å². The van der Waals surface area contributed by atoms with Crippen LogP contribution in [0, 0.1) is 5.41 Å². The van der Waals surface area contributed by atoms with E-state index in [-0.39, 0.29) is 0 Å². The number of benzene rings is 1. The molecule has 1 aliphatic heterocycles. The molecular weight excluding hydrogens is 556 g/mol. The topological polar surface area (TPSA) is 102 Å². The first-order valence-corrected chi connectivity index (χ1v) is 17.0. The van der Waals surface area contributed by atoms with E-state index < -0.39 is 40.7 Å². The molecule has 1 atom stereocenters. The van der Waals surface area contributed by atoms with Crippen LogP contribution in [0.5, 0.6) is 5.75 Å². The molecule has 1 saturated heterocycles. The minimum absolute atomic E-state index is 0.375. The molecule has 1 unspecified atom stereocenters. The van der Waals surface area contributed by atoms with Crippen molar-refractivity contribution in [2.24, 2.45) is 5.41 Å². The summed E-state index contributed by atoms with van der Waals surface area (Å²) >= 11 is 0. The van der Waals surface area contributed by atoms with Crippen molar-refractivity contribution in [3.63, 3.8) is 0 Å². The summed E-state index contributed by atoms with van der Waals surface area (Å²) in [4.78, 5) is 53.0. The van der Waals surface area contributed by atoms with Crippen molar-refractivity contribution in [2.75, 3.05) is 11.9 Å². The summed E-state index contributed by atoms with van der Waals surface area (Å²) in [5.74, 6) is -1.61. The molecule has 248 valence electrons. The molecule has 1 heterocycles. The summed E-state index contributed by atoms with van der Waals surface area (Å²) < 4.78 is 11.2. The van der Waals surface area contributed by atoms with E-state index in [1.807, 2.05) is 0 Å². The van der Waals surface area contributed by atoms with Crippen LogP contribution in [-0.4, -0.2) is 46.8 Å². The second-order valence-electron chi connectivity index (χ2n) is 13.7. The van der Waals surface area contributed by atoms with E-state index in [9.17, 15) is 19.2 Å². The zero-order chi connectivity index (χ0) is 32.6. The minimum Gasteiger partial charge on any atom is -0.491 e. The maximum atomic E-state index is 13.5. The number of hydrogen-bond donors (Lipinski definition) is 1. The fraction of sp³-hybridized carbons (Fsp3) is 0.722. The van der Waals surface area contributed by atoms with Gasteiger partial charge in [-0.3, -0.25) is 14.4 Å².